The van der Waals surface area contributed by atoms with Gasteiger partial charge >= 0.3 is 0 Å². The van der Waals surface area contributed by atoms with Crippen molar-refractivity contribution in [2.24, 2.45) is 0 Å². The van der Waals surface area contributed by atoms with Crippen molar-refractivity contribution < 1.29 is 169 Å². The van der Waals surface area contributed by atoms with Crippen LogP contribution in [0.15, 0.2) is 0 Å². The van der Waals surface area contributed by atoms with Gasteiger partial charge in [-0.05, 0) is 13.8 Å². The van der Waals surface area contributed by atoms with E-state index in [0.29, 0.717) is 0 Å². The third kappa shape index (κ3) is 14.3. The molecule has 6 aliphatic rings. The molecule has 35 heteroatoms. The average Bonchev–Trinajstić information content (AvgIpc) is 3.52. The number of hydrogen-bond donors (Lipinski definition) is 21. The first-order chi connectivity index (χ1) is 37.3. The molecule has 35 nitrogen and oxygen atoms in total. The van der Waals surface area contributed by atoms with Crippen molar-refractivity contribution >= 4 is 12.2 Å². The highest BCUT2D eigenvalue weighted by Gasteiger charge is 2.59. The van der Waals surface area contributed by atoms with Crippen LogP contribution in [0.4, 0.5) is 0 Å². The second-order valence-electron chi connectivity index (χ2n) is 19.9. The summed E-state index contributed by atoms with van der Waals surface area (Å²) in [5, 5.41) is 217. The van der Waals surface area contributed by atoms with Crippen LogP contribution >= 0.6 is 0 Å². The highest BCUT2D eigenvalue weighted by Crippen LogP contribution is 2.38. The smallest absolute Gasteiger partial charge is 0.217 e. The zero-order valence-electron chi connectivity index (χ0n) is 42.4. The van der Waals surface area contributed by atoms with Crippen molar-refractivity contribution in [1.29, 1.82) is 0 Å². The number of amides is 1. The normalized spacial score (nSPS) is 48.6. The van der Waals surface area contributed by atoms with Crippen LogP contribution in [0.5, 0.6) is 0 Å². The number of aliphatic hydroxyl groups is 20. The molecule has 21 N–H and O–H groups in total. The molecule has 0 aromatic carbocycles. The predicted octanol–water partition coefficient (Wildman–Crippen LogP) is -14.2. The minimum Gasteiger partial charge on any atom is -0.394 e. The molecule has 6 fully saturated rings. The topological polar surface area (TPSA) is 562 Å². The molecule has 6 saturated heterocycles. The molecule has 34 atom stereocenters. The maximum Gasteiger partial charge on any atom is 0.217 e. The van der Waals surface area contributed by atoms with Gasteiger partial charge in [0.1, 0.15) is 159 Å². The monoisotopic (exact) mass is 1160 g/mol. The van der Waals surface area contributed by atoms with Crippen molar-refractivity contribution in [3.63, 3.8) is 0 Å². The van der Waals surface area contributed by atoms with E-state index >= 15 is 0 Å². The van der Waals surface area contributed by atoms with E-state index in [-0.39, 0.29) is 6.29 Å². The molecule has 1 amide bonds. The first-order valence-corrected chi connectivity index (χ1v) is 25.1. The molecule has 6 aliphatic heterocycles. The number of carbonyl (C=O) groups is 2. The van der Waals surface area contributed by atoms with Crippen LogP contribution in [0.2, 0.25) is 0 Å². The van der Waals surface area contributed by atoms with Crippen LogP contribution < -0.4 is 5.32 Å². The van der Waals surface area contributed by atoms with Gasteiger partial charge in [0.05, 0.1) is 45.2 Å². The number of aldehydes is 1. The second-order valence-corrected chi connectivity index (χ2v) is 19.9. The number of nitrogens with one attached hydrogen (secondary N) is 1. The predicted molar refractivity (Wildman–Crippen MR) is 242 cm³/mol. The van der Waals surface area contributed by atoms with E-state index in [2.05, 4.69) is 5.32 Å². The Bertz CT molecular complexity index is 1890. The van der Waals surface area contributed by atoms with E-state index in [9.17, 15) is 112 Å². The lowest BCUT2D eigenvalue weighted by molar-refractivity contribution is -0.396. The van der Waals surface area contributed by atoms with Crippen LogP contribution in [0.25, 0.3) is 0 Å². The molecular formula is C44H75NO34. The third-order valence-corrected chi connectivity index (χ3v) is 14.4. The fourth-order valence-corrected chi connectivity index (χ4v) is 9.81. The van der Waals surface area contributed by atoms with E-state index < -0.39 is 248 Å². The van der Waals surface area contributed by atoms with E-state index in [1.807, 2.05) is 0 Å². The minimum atomic E-state index is -2.40. The SMILES string of the molecule is CC(=O)N[C@H]1[C@H](O[C@H]2[C@@H](O)[C@@H](CO)O[C@@H](O[C@@H]([C@H](O[C@@H]3O[C@@H](C)[C@@H](O)[C@@H](O)[C@@H]3O)[C@@H](O)C=O)[C@H](O)CO)[C@@H]2O)O[C@H](CO)[C@@H](O[C@@H]2O[C@H](CO)[C@H](O)[C@H](O[C@H]3O[C@H](CO)[C@H](O)[C@H](O)[C@H]3O)[C@H]2O)[C@@H]1O[C@@H]1O[C@@H](C)[C@@H](O)[C@@H](O)[C@@H]1O. The number of carbonyl (C=O) groups excluding carboxylic acids is 2. The summed E-state index contributed by atoms with van der Waals surface area (Å²) in [6, 6.07) is -1.95. The molecule has 0 saturated carbocycles. The fraction of sp³-hybridized carbons (Fsp3) is 0.955. The first-order valence-electron chi connectivity index (χ1n) is 25.1. The number of rotatable bonds is 22. The second kappa shape index (κ2) is 28.6. The molecule has 79 heavy (non-hydrogen) atoms. The van der Waals surface area contributed by atoms with Gasteiger partial charge in [0.15, 0.2) is 44.0 Å². The van der Waals surface area contributed by atoms with E-state index in [1.54, 1.807) is 0 Å². The van der Waals surface area contributed by atoms with Crippen LogP contribution in [0, 0.1) is 0 Å². The van der Waals surface area contributed by atoms with E-state index in [1.165, 1.54) is 13.8 Å². The summed E-state index contributed by atoms with van der Waals surface area (Å²) in [6.45, 7) is -2.06. The summed E-state index contributed by atoms with van der Waals surface area (Å²) < 4.78 is 69.4. The molecular weight excluding hydrogens is 1090 g/mol. The van der Waals surface area contributed by atoms with Gasteiger partial charge < -0.3 is 169 Å². The molecule has 0 aromatic rings. The molecule has 0 bridgehead atoms. The van der Waals surface area contributed by atoms with Gasteiger partial charge in [-0.15, -0.1) is 0 Å². The van der Waals surface area contributed by atoms with Gasteiger partial charge in [-0.1, -0.05) is 0 Å². The summed E-state index contributed by atoms with van der Waals surface area (Å²) in [7, 11) is 0. The molecule has 6 rings (SSSR count). The lowest BCUT2D eigenvalue weighted by Crippen LogP contribution is -2.71. The molecule has 0 unspecified atom stereocenters. The Balaban J connectivity index is 1.35. The highest BCUT2D eigenvalue weighted by atomic mass is 16.8. The Labute approximate surface area is 448 Å². The van der Waals surface area contributed by atoms with E-state index in [4.69, 9.17) is 56.8 Å². The zero-order chi connectivity index (χ0) is 58.6. The summed E-state index contributed by atoms with van der Waals surface area (Å²) in [4.78, 5) is 25.2. The van der Waals surface area contributed by atoms with Gasteiger partial charge in [-0.25, -0.2) is 0 Å². The largest absolute Gasteiger partial charge is 0.394 e. The molecule has 460 valence electrons. The molecule has 0 spiro atoms. The highest BCUT2D eigenvalue weighted by molar-refractivity contribution is 5.73. The van der Waals surface area contributed by atoms with Gasteiger partial charge in [-0.3, -0.25) is 4.79 Å². The Morgan fingerprint density at radius 3 is 1.30 bits per heavy atom. The van der Waals surface area contributed by atoms with Gasteiger partial charge in [-0.2, -0.15) is 0 Å². The Kier molecular flexibility index (Phi) is 23.9. The lowest BCUT2D eigenvalue weighted by Gasteiger charge is -2.52. The summed E-state index contributed by atoms with van der Waals surface area (Å²) >= 11 is 0. The molecule has 0 aromatic heterocycles. The Morgan fingerprint density at radius 2 is 0.810 bits per heavy atom. The van der Waals surface area contributed by atoms with Crippen molar-refractivity contribution in [3.8, 4) is 0 Å². The van der Waals surface area contributed by atoms with Crippen molar-refractivity contribution in [1.82, 2.24) is 5.32 Å². The zero-order valence-corrected chi connectivity index (χ0v) is 42.4. The average molecular weight is 1160 g/mol. The first kappa shape index (κ1) is 66.0. The number of aliphatic hydroxyl groups excluding tert-OH is 20. The maximum absolute atomic E-state index is 13.2. The maximum atomic E-state index is 13.2. The van der Waals surface area contributed by atoms with Crippen LogP contribution in [-0.2, 0) is 66.4 Å². The quantitative estimate of drug-likeness (QED) is 0.0448. The van der Waals surface area contributed by atoms with Crippen LogP contribution in [-0.4, -0.2) is 356 Å². The van der Waals surface area contributed by atoms with Gasteiger partial charge in [0.2, 0.25) is 5.91 Å². The summed E-state index contributed by atoms with van der Waals surface area (Å²) in [6.07, 6.45) is -66.0. The number of hydrogen-bond acceptors (Lipinski definition) is 34. The Hall–Kier alpha value is -2.14. The lowest BCUT2D eigenvalue weighted by atomic mass is 9.93. The minimum absolute atomic E-state index is 0.137. The van der Waals surface area contributed by atoms with Crippen LogP contribution in [0.1, 0.15) is 20.8 Å². The standard InChI is InChI=1S/C44H75NO34/c1-10-20(55)25(60)28(63)40(68-10)74-33(13(53)4-46)34(14(54)5-47)75-43-31(66)37(23(58)16(7-49)71-43)78-39-19(45-12(3)52)36(77-41-29(64)26(61)21(56)11(2)69-41)35(18(9-51)73-39)76-44-32(67)38(24(59)17(8-50)72-44)79-42-30(65)27(62)22(57)15(6-48)70-42/h4,10-11,13-44,47-51,53-67H,5-9H2,1-3H3,(H,45,52)/t10-,11-,13-,14+,15+,16+,17+,18+,19+,20+,21+,22-,23-,24-,25+,26+,27-,28-,29-,30+,31+,32+,33+,34+,35+,36+,37-,38-,39-,40-,41-,42+,43-,44-/m0/s1. The molecule has 0 aliphatic carbocycles. The third-order valence-electron chi connectivity index (χ3n) is 14.4. The van der Waals surface area contributed by atoms with E-state index in [0.717, 1.165) is 6.92 Å². The molecule has 6 heterocycles. The van der Waals surface area contributed by atoms with Crippen molar-refractivity contribution in [3.05, 3.63) is 0 Å². The van der Waals surface area contributed by atoms with Crippen molar-refractivity contribution in [2.75, 3.05) is 33.0 Å². The van der Waals surface area contributed by atoms with Crippen LogP contribution in [0.3, 0.4) is 0 Å². The summed E-state index contributed by atoms with van der Waals surface area (Å²) in [5.74, 6) is -0.956. The van der Waals surface area contributed by atoms with Gasteiger partial charge in [0, 0.05) is 6.92 Å². The van der Waals surface area contributed by atoms with Crippen molar-refractivity contribution in [2.45, 2.75) is 229 Å². The van der Waals surface area contributed by atoms with Gasteiger partial charge in [0.25, 0.3) is 0 Å². The number of ether oxygens (including phenoxy) is 12. The summed E-state index contributed by atoms with van der Waals surface area (Å²) in [5.41, 5.74) is 0. The fourth-order valence-electron chi connectivity index (χ4n) is 9.81. The Morgan fingerprint density at radius 1 is 0.443 bits per heavy atom. The molecule has 0 radical (unpaired) electrons.